The summed E-state index contributed by atoms with van der Waals surface area (Å²) in [7, 11) is 0. The first-order chi connectivity index (χ1) is 8.69. The largest absolute Gasteiger partial charge is 0.365 e. The monoisotopic (exact) mass is 251 g/mol. The van der Waals surface area contributed by atoms with Gasteiger partial charge in [0.1, 0.15) is 6.10 Å². The lowest BCUT2D eigenvalue weighted by Gasteiger charge is -2.40. The van der Waals surface area contributed by atoms with Crippen molar-refractivity contribution in [2.24, 2.45) is 5.41 Å². The number of amides is 1. The molecule has 0 bridgehead atoms. The molecule has 0 unspecified atom stereocenters. The summed E-state index contributed by atoms with van der Waals surface area (Å²) in [4.78, 5) is 14.4. The van der Waals surface area contributed by atoms with Crippen molar-refractivity contribution in [1.82, 2.24) is 4.90 Å². The lowest BCUT2D eigenvalue weighted by Crippen LogP contribution is -2.46. The molecule has 2 atom stereocenters. The Bertz CT molecular complexity index is 312. The van der Waals surface area contributed by atoms with E-state index in [1.807, 2.05) is 0 Å². The highest BCUT2D eigenvalue weighted by molar-refractivity contribution is 5.81. The van der Waals surface area contributed by atoms with Gasteiger partial charge in [0.2, 0.25) is 0 Å². The van der Waals surface area contributed by atoms with Crippen LogP contribution in [0.4, 0.5) is 0 Å². The van der Waals surface area contributed by atoms with Gasteiger partial charge >= 0.3 is 0 Å². The molecule has 2 saturated heterocycles. The topological polar surface area (TPSA) is 29.5 Å². The highest BCUT2D eigenvalue weighted by atomic mass is 16.5. The van der Waals surface area contributed by atoms with Crippen molar-refractivity contribution in [2.75, 3.05) is 13.1 Å². The number of hydrogen-bond acceptors (Lipinski definition) is 2. The third kappa shape index (κ3) is 2.29. The number of piperidine rings is 1. The van der Waals surface area contributed by atoms with E-state index < -0.39 is 0 Å². The van der Waals surface area contributed by atoms with E-state index in [-0.39, 0.29) is 18.1 Å². The Morgan fingerprint density at radius 3 is 2.33 bits per heavy atom. The molecule has 0 aromatic carbocycles. The second-order valence-corrected chi connectivity index (χ2v) is 6.55. The average molecular weight is 251 g/mol. The Balaban J connectivity index is 1.54. The van der Waals surface area contributed by atoms with Crippen molar-refractivity contribution in [3.8, 4) is 0 Å². The van der Waals surface area contributed by atoms with Crippen LogP contribution in [0.15, 0.2) is 0 Å². The molecule has 1 amide bonds. The van der Waals surface area contributed by atoms with Gasteiger partial charge in [0.25, 0.3) is 5.91 Å². The summed E-state index contributed by atoms with van der Waals surface area (Å²) in [5.74, 6) is 0.257. The molecule has 0 aromatic heterocycles. The van der Waals surface area contributed by atoms with Gasteiger partial charge < -0.3 is 9.64 Å². The lowest BCUT2D eigenvalue weighted by atomic mass is 9.77. The van der Waals surface area contributed by atoms with E-state index in [1.54, 1.807) is 0 Å². The summed E-state index contributed by atoms with van der Waals surface area (Å²) in [5, 5.41) is 0. The SMILES string of the molecule is C[C@@H]1CC[C@H](C(=O)N2CCC3(CCCC3)CC2)O1. The van der Waals surface area contributed by atoms with E-state index >= 15 is 0 Å². The van der Waals surface area contributed by atoms with Gasteiger partial charge in [-0.25, -0.2) is 0 Å². The van der Waals surface area contributed by atoms with Crippen LogP contribution >= 0.6 is 0 Å². The summed E-state index contributed by atoms with van der Waals surface area (Å²) in [5.41, 5.74) is 0.598. The molecular weight excluding hydrogens is 226 g/mol. The van der Waals surface area contributed by atoms with Gasteiger partial charge in [-0.15, -0.1) is 0 Å². The molecule has 1 spiro atoms. The summed E-state index contributed by atoms with van der Waals surface area (Å²) in [6.45, 7) is 4.00. The number of rotatable bonds is 1. The Hall–Kier alpha value is -0.570. The molecular formula is C15H25NO2. The zero-order valence-electron chi connectivity index (χ0n) is 11.5. The van der Waals surface area contributed by atoms with Gasteiger partial charge in [0, 0.05) is 13.1 Å². The minimum absolute atomic E-state index is 0.141. The molecule has 3 fully saturated rings. The van der Waals surface area contributed by atoms with Crippen LogP contribution in [0.5, 0.6) is 0 Å². The minimum Gasteiger partial charge on any atom is -0.365 e. The summed E-state index contributed by atoms with van der Waals surface area (Å²) in [6, 6.07) is 0. The Morgan fingerprint density at radius 1 is 1.11 bits per heavy atom. The van der Waals surface area contributed by atoms with Crippen molar-refractivity contribution in [2.45, 2.75) is 70.5 Å². The molecule has 2 heterocycles. The first-order valence-electron chi connectivity index (χ1n) is 7.63. The highest BCUT2D eigenvalue weighted by Crippen LogP contribution is 2.46. The van der Waals surface area contributed by atoms with Gasteiger partial charge in [-0.2, -0.15) is 0 Å². The molecule has 0 N–H and O–H groups in total. The standard InChI is InChI=1S/C15H25NO2/c1-12-4-5-13(18-12)14(17)16-10-8-15(9-11-16)6-2-3-7-15/h12-13H,2-11H2,1H3/t12-,13-/m1/s1. The smallest absolute Gasteiger partial charge is 0.251 e. The van der Waals surface area contributed by atoms with Gasteiger partial charge in [0.15, 0.2) is 0 Å². The zero-order valence-corrected chi connectivity index (χ0v) is 11.5. The van der Waals surface area contributed by atoms with Crippen LogP contribution in [0.1, 0.15) is 58.3 Å². The number of ether oxygens (including phenoxy) is 1. The second-order valence-electron chi connectivity index (χ2n) is 6.55. The fourth-order valence-corrected chi connectivity index (χ4v) is 4.01. The fourth-order valence-electron chi connectivity index (χ4n) is 4.01. The number of likely N-dealkylation sites (tertiary alicyclic amines) is 1. The van der Waals surface area contributed by atoms with E-state index in [0.717, 1.165) is 25.9 Å². The summed E-state index contributed by atoms with van der Waals surface area (Å²) < 4.78 is 5.70. The second kappa shape index (κ2) is 4.84. The number of hydrogen-bond donors (Lipinski definition) is 0. The molecule has 2 aliphatic heterocycles. The molecule has 1 aliphatic carbocycles. The molecule has 0 aromatic rings. The molecule has 3 rings (SSSR count). The fraction of sp³-hybridized carbons (Fsp3) is 0.933. The van der Waals surface area contributed by atoms with E-state index in [4.69, 9.17) is 4.74 Å². The van der Waals surface area contributed by atoms with Crippen LogP contribution in [-0.2, 0) is 9.53 Å². The predicted octanol–water partition coefficient (Wildman–Crippen LogP) is 2.74. The van der Waals surface area contributed by atoms with Crippen LogP contribution in [-0.4, -0.2) is 36.1 Å². The minimum atomic E-state index is -0.141. The summed E-state index contributed by atoms with van der Waals surface area (Å²) in [6.07, 6.45) is 10.1. The lowest BCUT2D eigenvalue weighted by molar-refractivity contribution is -0.145. The number of carbonyl (C=O) groups excluding carboxylic acids is 1. The van der Waals surface area contributed by atoms with E-state index in [9.17, 15) is 4.79 Å². The maximum atomic E-state index is 12.4. The van der Waals surface area contributed by atoms with Gasteiger partial charge in [-0.1, -0.05) is 12.8 Å². The predicted molar refractivity (Wildman–Crippen MR) is 70.3 cm³/mol. The third-order valence-corrected chi connectivity index (χ3v) is 5.31. The first kappa shape index (κ1) is 12.5. The van der Waals surface area contributed by atoms with Crippen molar-refractivity contribution in [1.29, 1.82) is 0 Å². The van der Waals surface area contributed by atoms with E-state index in [1.165, 1.54) is 38.5 Å². The van der Waals surface area contributed by atoms with Crippen molar-refractivity contribution in [3.05, 3.63) is 0 Å². The van der Waals surface area contributed by atoms with Crippen LogP contribution in [0.25, 0.3) is 0 Å². The number of nitrogens with zero attached hydrogens (tertiary/aromatic N) is 1. The first-order valence-corrected chi connectivity index (χ1v) is 7.63. The maximum Gasteiger partial charge on any atom is 0.251 e. The van der Waals surface area contributed by atoms with Crippen LogP contribution in [0, 0.1) is 5.41 Å². The van der Waals surface area contributed by atoms with Gasteiger partial charge in [-0.3, -0.25) is 4.79 Å². The van der Waals surface area contributed by atoms with Gasteiger partial charge in [0.05, 0.1) is 6.10 Å². The normalized spacial score (nSPS) is 35.3. The molecule has 1 saturated carbocycles. The summed E-state index contributed by atoms with van der Waals surface area (Å²) >= 11 is 0. The molecule has 3 aliphatic rings. The van der Waals surface area contributed by atoms with Crippen LogP contribution in [0.2, 0.25) is 0 Å². The van der Waals surface area contributed by atoms with Gasteiger partial charge in [-0.05, 0) is 50.9 Å². The van der Waals surface area contributed by atoms with E-state index in [2.05, 4.69) is 11.8 Å². The molecule has 3 heteroatoms. The molecule has 3 nitrogen and oxygen atoms in total. The van der Waals surface area contributed by atoms with Crippen molar-refractivity contribution in [3.63, 3.8) is 0 Å². The quantitative estimate of drug-likeness (QED) is 0.717. The van der Waals surface area contributed by atoms with Crippen molar-refractivity contribution >= 4 is 5.91 Å². The maximum absolute atomic E-state index is 12.4. The highest BCUT2D eigenvalue weighted by Gasteiger charge is 2.40. The number of carbonyl (C=O) groups is 1. The van der Waals surface area contributed by atoms with E-state index in [0.29, 0.717) is 5.41 Å². The van der Waals surface area contributed by atoms with Crippen molar-refractivity contribution < 1.29 is 9.53 Å². The Morgan fingerprint density at radius 2 is 1.78 bits per heavy atom. The Labute approximate surface area is 110 Å². The Kier molecular flexibility index (Phi) is 3.35. The average Bonchev–Trinajstić information content (AvgIpc) is 3.00. The zero-order chi connectivity index (χ0) is 12.6. The van der Waals surface area contributed by atoms with Crippen LogP contribution < -0.4 is 0 Å². The third-order valence-electron chi connectivity index (χ3n) is 5.31. The molecule has 0 radical (unpaired) electrons. The van der Waals surface area contributed by atoms with Crippen LogP contribution in [0.3, 0.4) is 0 Å². The molecule has 102 valence electrons. The molecule has 18 heavy (non-hydrogen) atoms.